The van der Waals surface area contributed by atoms with Gasteiger partial charge in [0, 0.05) is 19.6 Å². The molecule has 1 aliphatic heterocycles. The van der Waals surface area contributed by atoms with Gasteiger partial charge in [0.15, 0.2) is 0 Å². The molecule has 1 atom stereocenters. The maximum Gasteiger partial charge on any atom is 0.339 e. The first-order valence-corrected chi connectivity index (χ1v) is 11.5. The summed E-state index contributed by atoms with van der Waals surface area (Å²) < 4.78 is 41.2. The lowest BCUT2D eigenvalue weighted by molar-refractivity contribution is -0.0329. The Labute approximate surface area is 183 Å². The Morgan fingerprint density at radius 2 is 1.61 bits per heavy atom. The van der Waals surface area contributed by atoms with E-state index in [1.165, 1.54) is 17.7 Å². The molecular formula is C24H25NO5S. The quantitative estimate of drug-likeness (QED) is 0.518. The molecule has 1 heterocycles. The van der Waals surface area contributed by atoms with Gasteiger partial charge in [0.05, 0.1) is 19.8 Å². The zero-order valence-electron chi connectivity index (χ0n) is 17.3. The standard InChI is InChI=1S/C24H25NO5S/c1-28-21-11-7-19(8-12-21)17-25-15-16-29-24(18-25)20-9-13-22(14-10-20)30-31(26,27)23-5-3-2-4-6-23/h2-14,24H,15-18H2,1H3/t24-/m0/s1. The van der Waals surface area contributed by atoms with Crippen LogP contribution in [-0.2, 0) is 21.4 Å². The molecule has 0 N–H and O–H groups in total. The maximum atomic E-state index is 12.4. The number of methoxy groups -OCH3 is 1. The summed E-state index contributed by atoms with van der Waals surface area (Å²) in [5.74, 6) is 1.12. The highest BCUT2D eigenvalue weighted by molar-refractivity contribution is 7.87. The van der Waals surface area contributed by atoms with Crippen LogP contribution in [0.2, 0.25) is 0 Å². The number of rotatable bonds is 7. The predicted molar refractivity (Wildman–Crippen MR) is 118 cm³/mol. The van der Waals surface area contributed by atoms with Crippen LogP contribution in [0.25, 0.3) is 0 Å². The number of hydrogen-bond acceptors (Lipinski definition) is 6. The highest BCUT2D eigenvalue weighted by Crippen LogP contribution is 2.26. The normalized spacial score (nSPS) is 17.3. The lowest BCUT2D eigenvalue weighted by Gasteiger charge is -2.33. The van der Waals surface area contributed by atoms with Crippen LogP contribution in [-0.4, -0.2) is 40.1 Å². The molecular weight excluding hydrogens is 414 g/mol. The highest BCUT2D eigenvalue weighted by Gasteiger charge is 2.23. The van der Waals surface area contributed by atoms with Crippen molar-refractivity contribution in [2.75, 3.05) is 26.8 Å². The van der Waals surface area contributed by atoms with Gasteiger partial charge >= 0.3 is 10.1 Å². The number of morpholine rings is 1. The number of hydrogen-bond donors (Lipinski definition) is 0. The van der Waals surface area contributed by atoms with Crippen molar-refractivity contribution >= 4 is 10.1 Å². The van der Waals surface area contributed by atoms with Crippen molar-refractivity contribution in [3.05, 3.63) is 90.0 Å². The van der Waals surface area contributed by atoms with Crippen molar-refractivity contribution in [2.45, 2.75) is 17.5 Å². The van der Waals surface area contributed by atoms with Crippen LogP contribution in [0.4, 0.5) is 0 Å². The van der Waals surface area contributed by atoms with Crippen LogP contribution in [0.15, 0.2) is 83.8 Å². The fourth-order valence-electron chi connectivity index (χ4n) is 3.54. The third-order valence-corrected chi connectivity index (χ3v) is 6.47. The van der Waals surface area contributed by atoms with Crippen molar-refractivity contribution < 1.29 is 22.1 Å². The fraction of sp³-hybridized carbons (Fsp3) is 0.250. The molecule has 1 fully saturated rings. The molecule has 3 aromatic carbocycles. The van der Waals surface area contributed by atoms with Gasteiger partial charge in [-0.25, -0.2) is 0 Å². The summed E-state index contributed by atoms with van der Waals surface area (Å²) in [6.45, 7) is 3.09. The maximum absolute atomic E-state index is 12.4. The van der Waals surface area contributed by atoms with E-state index in [2.05, 4.69) is 17.0 Å². The zero-order chi connectivity index (χ0) is 21.7. The molecule has 6 nitrogen and oxygen atoms in total. The third-order valence-electron chi connectivity index (χ3n) is 5.21. The molecule has 0 unspecified atom stereocenters. The first-order chi connectivity index (χ1) is 15.0. The second-order valence-electron chi connectivity index (χ2n) is 7.36. The van der Waals surface area contributed by atoms with E-state index >= 15 is 0 Å². The van der Waals surface area contributed by atoms with E-state index in [0.717, 1.165) is 30.9 Å². The van der Waals surface area contributed by atoms with Crippen LogP contribution in [0.3, 0.4) is 0 Å². The summed E-state index contributed by atoms with van der Waals surface area (Å²) in [6.07, 6.45) is -0.0771. The minimum absolute atomic E-state index is 0.0771. The van der Waals surface area contributed by atoms with E-state index in [-0.39, 0.29) is 16.7 Å². The second kappa shape index (κ2) is 9.51. The fourth-order valence-corrected chi connectivity index (χ4v) is 4.49. The molecule has 0 aliphatic carbocycles. The van der Waals surface area contributed by atoms with Gasteiger partial charge in [-0.2, -0.15) is 8.42 Å². The Balaban J connectivity index is 1.39. The molecule has 0 spiro atoms. The van der Waals surface area contributed by atoms with E-state index in [1.54, 1.807) is 37.4 Å². The molecule has 1 aliphatic rings. The van der Waals surface area contributed by atoms with Gasteiger partial charge in [-0.05, 0) is 47.5 Å². The van der Waals surface area contributed by atoms with Gasteiger partial charge in [-0.3, -0.25) is 4.90 Å². The van der Waals surface area contributed by atoms with Gasteiger partial charge in [0.2, 0.25) is 0 Å². The van der Waals surface area contributed by atoms with E-state index in [0.29, 0.717) is 6.61 Å². The average molecular weight is 440 g/mol. The Hall–Kier alpha value is -2.87. The monoisotopic (exact) mass is 439 g/mol. The van der Waals surface area contributed by atoms with Crippen LogP contribution >= 0.6 is 0 Å². The summed E-state index contributed by atoms with van der Waals surface area (Å²) in [5.41, 5.74) is 2.21. The molecule has 162 valence electrons. The van der Waals surface area contributed by atoms with Crippen molar-refractivity contribution in [3.8, 4) is 11.5 Å². The topological polar surface area (TPSA) is 65.1 Å². The van der Waals surface area contributed by atoms with E-state index in [4.69, 9.17) is 13.7 Å². The van der Waals surface area contributed by atoms with Crippen LogP contribution in [0.1, 0.15) is 17.2 Å². The van der Waals surface area contributed by atoms with Crippen molar-refractivity contribution in [1.29, 1.82) is 0 Å². The zero-order valence-corrected chi connectivity index (χ0v) is 18.1. The van der Waals surface area contributed by atoms with Crippen LogP contribution in [0.5, 0.6) is 11.5 Å². The smallest absolute Gasteiger partial charge is 0.339 e. The van der Waals surface area contributed by atoms with E-state index in [1.807, 2.05) is 24.3 Å². The van der Waals surface area contributed by atoms with Gasteiger partial charge in [-0.1, -0.05) is 42.5 Å². The first-order valence-electron chi connectivity index (χ1n) is 10.1. The minimum atomic E-state index is -3.85. The lowest BCUT2D eigenvalue weighted by atomic mass is 10.1. The van der Waals surface area contributed by atoms with Crippen LogP contribution < -0.4 is 8.92 Å². The Bertz CT molecular complexity index is 1080. The molecule has 0 aromatic heterocycles. The number of nitrogens with zero attached hydrogens (tertiary/aromatic N) is 1. The largest absolute Gasteiger partial charge is 0.497 e. The van der Waals surface area contributed by atoms with Gasteiger partial charge in [0.25, 0.3) is 0 Å². The van der Waals surface area contributed by atoms with E-state index < -0.39 is 10.1 Å². The predicted octanol–water partition coefficient (Wildman–Crippen LogP) is 4.04. The molecule has 0 amide bonds. The molecule has 3 aromatic rings. The van der Waals surface area contributed by atoms with Crippen molar-refractivity contribution in [2.24, 2.45) is 0 Å². The molecule has 7 heteroatoms. The number of benzene rings is 3. The molecule has 0 bridgehead atoms. The minimum Gasteiger partial charge on any atom is -0.497 e. The Morgan fingerprint density at radius 1 is 0.935 bits per heavy atom. The summed E-state index contributed by atoms with van der Waals surface area (Å²) >= 11 is 0. The van der Waals surface area contributed by atoms with Gasteiger partial charge in [-0.15, -0.1) is 0 Å². The van der Waals surface area contributed by atoms with Crippen molar-refractivity contribution in [3.63, 3.8) is 0 Å². The summed E-state index contributed by atoms with van der Waals surface area (Å²) in [5, 5.41) is 0. The van der Waals surface area contributed by atoms with Crippen molar-refractivity contribution in [1.82, 2.24) is 4.90 Å². The molecule has 0 radical (unpaired) electrons. The summed E-state index contributed by atoms with van der Waals surface area (Å²) in [7, 11) is -2.19. The molecule has 31 heavy (non-hydrogen) atoms. The molecule has 1 saturated heterocycles. The average Bonchev–Trinajstić information content (AvgIpc) is 2.81. The summed E-state index contributed by atoms with van der Waals surface area (Å²) in [6, 6.07) is 23.2. The second-order valence-corrected chi connectivity index (χ2v) is 8.91. The Kier molecular flexibility index (Phi) is 6.56. The van der Waals surface area contributed by atoms with Gasteiger partial charge in [0.1, 0.15) is 16.4 Å². The third kappa shape index (κ3) is 5.44. The SMILES string of the molecule is COc1ccc(CN2CCO[C@H](c3ccc(OS(=O)(=O)c4ccccc4)cc3)C2)cc1. The van der Waals surface area contributed by atoms with Gasteiger partial charge < -0.3 is 13.7 Å². The highest BCUT2D eigenvalue weighted by atomic mass is 32.2. The summed E-state index contributed by atoms with van der Waals surface area (Å²) in [4.78, 5) is 2.48. The first kappa shape index (κ1) is 21.4. The lowest BCUT2D eigenvalue weighted by Crippen LogP contribution is -2.37. The Morgan fingerprint density at radius 3 is 2.29 bits per heavy atom. The van der Waals surface area contributed by atoms with Crippen LogP contribution in [0, 0.1) is 0 Å². The molecule has 0 saturated carbocycles. The molecule has 4 rings (SSSR count). The number of ether oxygens (including phenoxy) is 2. The van der Waals surface area contributed by atoms with E-state index in [9.17, 15) is 8.42 Å².